The van der Waals surface area contributed by atoms with Gasteiger partial charge in [-0.05, 0) is 55.2 Å². The molecule has 0 aliphatic carbocycles. The van der Waals surface area contributed by atoms with Crippen LogP contribution >= 0.6 is 11.6 Å². The van der Waals surface area contributed by atoms with Crippen LogP contribution in [0.5, 0.6) is 0 Å². The van der Waals surface area contributed by atoms with Gasteiger partial charge in [0, 0.05) is 30.5 Å². The van der Waals surface area contributed by atoms with Gasteiger partial charge < -0.3 is 20.4 Å². The van der Waals surface area contributed by atoms with E-state index in [2.05, 4.69) is 10.3 Å². The standard InChI is InChI=1S/C22H24ClF2N3O3/c1-13-3-4-17(9-14(13)2)27-21(31)28-7-5-15(6-8-28)20-18(23)10-16(11-26-20)22(24,25)19(30)12-29/h3-5,9-11,19,29-30H,6-8,12H2,1-2H3,(H,27,31)/t19-/m0/s1. The first kappa shape index (κ1) is 23.1. The lowest BCUT2D eigenvalue weighted by Gasteiger charge is -2.27. The van der Waals surface area contributed by atoms with Crippen molar-refractivity contribution >= 4 is 28.9 Å². The highest BCUT2D eigenvalue weighted by atomic mass is 35.5. The number of halogens is 3. The number of aromatic nitrogens is 1. The van der Waals surface area contributed by atoms with Crippen LogP contribution in [0.25, 0.3) is 5.57 Å². The number of urea groups is 1. The SMILES string of the molecule is Cc1ccc(NC(=O)N2CC=C(c3ncc(C(F)(F)[C@@H](O)CO)cc3Cl)CC2)cc1C. The summed E-state index contributed by atoms with van der Waals surface area (Å²) in [6.07, 6.45) is 0.953. The Morgan fingerprint density at radius 2 is 2.06 bits per heavy atom. The number of nitrogens with zero attached hydrogens (tertiary/aromatic N) is 2. The van der Waals surface area contributed by atoms with E-state index in [4.69, 9.17) is 16.7 Å². The van der Waals surface area contributed by atoms with Crippen LogP contribution in [0.15, 0.2) is 36.5 Å². The largest absolute Gasteiger partial charge is 0.393 e. The second kappa shape index (κ2) is 9.30. The fraction of sp³-hybridized carbons (Fsp3) is 0.364. The van der Waals surface area contributed by atoms with Crippen molar-refractivity contribution in [1.29, 1.82) is 0 Å². The number of hydrogen-bond donors (Lipinski definition) is 3. The molecule has 1 aromatic heterocycles. The van der Waals surface area contributed by atoms with Crippen molar-refractivity contribution in [2.75, 3.05) is 25.0 Å². The quantitative estimate of drug-likeness (QED) is 0.638. The van der Waals surface area contributed by atoms with Crippen LogP contribution in [0, 0.1) is 13.8 Å². The number of aliphatic hydroxyl groups is 2. The van der Waals surface area contributed by atoms with E-state index in [1.54, 1.807) is 11.0 Å². The number of rotatable bonds is 5. The first-order chi connectivity index (χ1) is 14.6. The lowest BCUT2D eigenvalue weighted by Crippen LogP contribution is -2.38. The average Bonchev–Trinajstić information content (AvgIpc) is 2.75. The maximum atomic E-state index is 14.1. The number of pyridine rings is 1. The molecule has 0 bridgehead atoms. The molecule has 0 spiro atoms. The first-order valence-electron chi connectivity index (χ1n) is 9.78. The monoisotopic (exact) mass is 451 g/mol. The molecular formula is C22H24ClF2N3O3. The van der Waals surface area contributed by atoms with Gasteiger partial charge in [0.25, 0.3) is 0 Å². The van der Waals surface area contributed by atoms with Gasteiger partial charge in [0.15, 0.2) is 0 Å². The van der Waals surface area contributed by atoms with Crippen molar-refractivity contribution in [1.82, 2.24) is 9.88 Å². The molecule has 2 aromatic rings. The Balaban J connectivity index is 1.69. The third kappa shape index (κ3) is 5.03. The van der Waals surface area contributed by atoms with Gasteiger partial charge in [0.1, 0.15) is 6.10 Å². The van der Waals surface area contributed by atoms with Crippen LogP contribution in [-0.4, -0.2) is 51.9 Å². The number of alkyl halides is 2. The summed E-state index contributed by atoms with van der Waals surface area (Å²) in [7, 11) is 0. The third-order valence-corrected chi connectivity index (χ3v) is 5.66. The second-order valence-electron chi connectivity index (χ2n) is 7.53. The van der Waals surface area contributed by atoms with Crippen molar-refractivity contribution < 1.29 is 23.8 Å². The van der Waals surface area contributed by atoms with Crippen molar-refractivity contribution in [2.24, 2.45) is 0 Å². The number of hydrogen-bond acceptors (Lipinski definition) is 4. The molecule has 2 heterocycles. The molecule has 0 fully saturated rings. The molecule has 6 nitrogen and oxygen atoms in total. The minimum atomic E-state index is -3.67. The van der Waals surface area contributed by atoms with E-state index in [1.165, 1.54) is 0 Å². The summed E-state index contributed by atoms with van der Waals surface area (Å²) in [4.78, 5) is 18.2. The minimum absolute atomic E-state index is 0.0154. The molecule has 31 heavy (non-hydrogen) atoms. The van der Waals surface area contributed by atoms with Gasteiger partial charge in [-0.3, -0.25) is 4.98 Å². The molecule has 1 atom stereocenters. The molecule has 166 valence electrons. The van der Waals surface area contributed by atoms with Gasteiger partial charge in [-0.25, -0.2) is 4.79 Å². The number of nitrogens with one attached hydrogen (secondary N) is 1. The molecule has 0 saturated heterocycles. The van der Waals surface area contributed by atoms with Gasteiger partial charge in [0.05, 0.1) is 17.3 Å². The van der Waals surface area contributed by atoms with E-state index in [9.17, 15) is 18.7 Å². The number of anilines is 1. The van der Waals surface area contributed by atoms with Crippen LogP contribution in [0.1, 0.15) is 28.8 Å². The molecule has 3 N–H and O–H groups in total. The molecule has 9 heteroatoms. The fourth-order valence-corrected chi connectivity index (χ4v) is 3.54. The zero-order valence-corrected chi connectivity index (χ0v) is 18.0. The molecular weight excluding hydrogens is 428 g/mol. The highest BCUT2D eigenvalue weighted by molar-refractivity contribution is 6.32. The molecule has 1 aliphatic rings. The lowest BCUT2D eigenvalue weighted by atomic mass is 10.0. The second-order valence-corrected chi connectivity index (χ2v) is 7.94. The predicted molar refractivity (Wildman–Crippen MR) is 115 cm³/mol. The Morgan fingerprint density at radius 1 is 1.32 bits per heavy atom. The van der Waals surface area contributed by atoms with Gasteiger partial charge in [-0.2, -0.15) is 8.78 Å². The van der Waals surface area contributed by atoms with Crippen LogP contribution in [-0.2, 0) is 5.92 Å². The molecule has 0 unspecified atom stereocenters. The van der Waals surface area contributed by atoms with Crippen LogP contribution < -0.4 is 5.32 Å². The van der Waals surface area contributed by atoms with E-state index in [-0.39, 0.29) is 11.1 Å². The van der Waals surface area contributed by atoms with Crippen molar-refractivity contribution in [3.05, 3.63) is 63.9 Å². The van der Waals surface area contributed by atoms with Crippen LogP contribution in [0.3, 0.4) is 0 Å². The van der Waals surface area contributed by atoms with E-state index >= 15 is 0 Å². The Hall–Kier alpha value is -2.55. The Morgan fingerprint density at radius 3 is 2.65 bits per heavy atom. The highest BCUT2D eigenvalue weighted by Crippen LogP contribution is 2.35. The fourth-order valence-electron chi connectivity index (χ4n) is 3.25. The number of carbonyl (C=O) groups is 1. The predicted octanol–water partition coefficient (Wildman–Crippen LogP) is 4.12. The third-order valence-electron chi connectivity index (χ3n) is 5.38. The number of carbonyl (C=O) groups excluding carboxylic acids is 1. The summed E-state index contributed by atoms with van der Waals surface area (Å²) in [5.74, 6) is -3.67. The molecule has 1 aliphatic heterocycles. The highest BCUT2D eigenvalue weighted by Gasteiger charge is 2.40. The van der Waals surface area contributed by atoms with Gasteiger partial charge >= 0.3 is 12.0 Å². The Labute approximate surface area is 184 Å². The zero-order chi connectivity index (χ0) is 22.8. The van der Waals surface area contributed by atoms with Gasteiger partial charge in [0.2, 0.25) is 0 Å². The summed E-state index contributed by atoms with van der Waals surface area (Å²) in [5.41, 5.74) is 3.47. The number of aryl methyl sites for hydroxylation is 2. The van der Waals surface area contributed by atoms with E-state index in [0.717, 1.165) is 29.0 Å². The average molecular weight is 452 g/mol. The van der Waals surface area contributed by atoms with Crippen molar-refractivity contribution in [3.63, 3.8) is 0 Å². The molecule has 1 aromatic carbocycles. The molecule has 3 rings (SSSR count). The van der Waals surface area contributed by atoms with E-state index in [0.29, 0.717) is 30.9 Å². The number of amides is 2. The molecule has 0 radical (unpaired) electrons. The Kier molecular flexibility index (Phi) is 6.93. The maximum Gasteiger partial charge on any atom is 0.322 e. The summed E-state index contributed by atoms with van der Waals surface area (Å²) in [6.45, 7) is 3.63. The normalized spacial score (nSPS) is 15.5. The van der Waals surface area contributed by atoms with E-state index in [1.807, 2.05) is 32.0 Å². The van der Waals surface area contributed by atoms with Crippen LogP contribution in [0.2, 0.25) is 5.02 Å². The van der Waals surface area contributed by atoms with Crippen molar-refractivity contribution in [2.45, 2.75) is 32.3 Å². The number of benzene rings is 1. The van der Waals surface area contributed by atoms with Crippen LogP contribution in [0.4, 0.5) is 19.3 Å². The molecule has 0 saturated carbocycles. The zero-order valence-electron chi connectivity index (χ0n) is 17.2. The van der Waals surface area contributed by atoms with E-state index < -0.39 is 24.2 Å². The summed E-state index contributed by atoms with van der Waals surface area (Å²) < 4.78 is 28.2. The summed E-state index contributed by atoms with van der Waals surface area (Å²) >= 11 is 6.18. The molecule has 2 amide bonds. The lowest BCUT2D eigenvalue weighted by molar-refractivity contribution is -0.131. The van der Waals surface area contributed by atoms with Crippen molar-refractivity contribution in [3.8, 4) is 0 Å². The maximum absolute atomic E-state index is 14.1. The number of aliphatic hydroxyl groups excluding tert-OH is 2. The topological polar surface area (TPSA) is 85.7 Å². The first-order valence-corrected chi connectivity index (χ1v) is 10.2. The van der Waals surface area contributed by atoms with Gasteiger partial charge in [-0.1, -0.05) is 23.7 Å². The Bertz CT molecular complexity index is 1010. The smallest absolute Gasteiger partial charge is 0.322 e. The summed E-state index contributed by atoms with van der Waals surface area (Å²) in [6, 6.07) is 6.51. The van der Waals surface area contributed by atoms with Gasteiger partial charge in [-0.15, -0.1) is 0 Å². The summed E-state index contributed by atoms with van der Waals surface area (Å²) in [5, 5.41) is 21.0. The minimum Gasteiger partial charge on any atom is -0.393 e.